The molecule has 10 nitrogen and oxygen atoms in total. The van der Waals surface area contributed by atoms with Crippen LogP contribution >= 0.6 is 0 Å². The van der Waals surface area contributed by atoms with E-state index in [1.807, 2.05) is 0 Å². The first-order valence-electron chi connectivity index (χ1n) is 7.36. The number of sulfonamides is 1. The van der Waals surface area contributed by atoms with Gasteiger partial charge < -0.3 is 19.7 Å². The van der Waals surface area contributed by atoms with Crippen LogP contribution in [0.5, 0.6) is 11.5 Å². The molecule has 2 atom stereocenters. The van der Waals surface area contributed by atoms with Crippen LogP contribution in [0, 0.1) is 0 Å². The Hall–Kier alpha value is -1.89. The number of hydrogen-bond acceptors (Lipinski definition) is 8. The smallest absolute Gasteiger partial charge is 0.318 e. The largest absolute Gasteiger partial charge is 0.497 e. The van der Waals surface area contributed by atoms with Gasteiger partial charge in [-0.3, -0.25) is 4.79 Å². The van der Waals surface area contributed by atoms with Gasteiger partial charge in [-0.25, -0.2) is 16.8 Å². The maximum atomic E-state index is 13.1. The van der Waals surface area contributed by atoms with Crippen LogP contribution in [-0.2, 0) is 24.7 Å². The van der Waals surface area contributed by atoms with Crippen molar-refractivity contribution < 1.29 is 41.3 Å². The standard InChI is InChI=1S/C14H19NO9S2/c1-23-9-3-4-12(24-2)13(5-9)26(21,22)15(6-14(17)18)10-7-25(19,20)8-11(10)16/h3-5,10-11,16H,6-8H2,1-2H3,(H,17,18)/t10-,11+/m0/s1. The van der Waals surface area contributed by atoms with Crippen LogP contribution in [0.1, 0.15) is 0 Å². The number of carboxylic acid groups (broad SMARTS) is 1. The first kappa shape index (κ1) is 20.4. The number of carboxylic acids is 1. The van der Waals surface area contributed by atoms with Crippen LogP contribution in [-0.4, -0.2) is 81.7 Å². The van der Waals surface area contributed by atoms with Crippen molar-refractivity contribution in [3.05, 3.63) is 18.2 Å². The van der Waals surface area contributed by atoms with Gasteiger partial charge in [-0.15, -0.1) is 0 Å². The Morgan fingerprint density at radius 2 is 1.92 bits per heavy atom. The molecule has 146 valence electrons. The number of nitrogens with zero attached hydrogens (tertiary/aromatic N) is 1. The summed E-state index contributed by atoms with van der Waals surface area (Å²) in [5.41, 5.74) is 0. The fourth-order valence-corrected chi connectivity index (χ4v) is 6.38. The molecule has 1 aromatic rings. The van der Waals surface area contributed by atoms with E-state index in [1.165, 1.54) is 26.4 Å². The highest BCUT2D eigenvalue weighted by Gasteiger charge is 2.46. The van der Waals surface area contributed by atoms with Gasteiger partial charge in [0, 0.05) is 6.07 Å². The van der Waals surface area contributed by atoms with Gasteiger partial charge in [0.1, 0.15) is 22.9 Å². The van der Waals surface area contributed by atoms with Crippen LogP contribution in [0.2, 0.25) is 0 Å². The van der Waals surface area contributed by atoms with Gasteiger partial charge in [-0.2, -0.15) is 4.31 Å². The summed E-state index contributed by atoms with van der Waals surface area (Å²) < 4.78 is 60.2. The Morgan fingerprint density at radius 1 is 1.27 bits per heavy atom. The third-order valence-corrected chi connectivity index (χ3v) is 7.50. The lowest BCUT2D eigenvalue weighted by Crippen LogP contribution is -2.48. The summed E-state index contributed by atoms with van der Waals surface area (Å²) in [6, 6.07) is 2.50. The minimum Gasteiger partial charge on any atom is -0.497 e. The first-order chi connectivity index (χ1) is 12.0. The van der Waals surface area contributed by atoms with Gasteiger partial charge in [-0.05, 0) is 12.1 Å². The molecular formula is C14H19NO9S2. The summed E-state index contributed by atoms with van der Waals surface area (Å²) >= 11 is 0. The van der Waals surface area contributed by atoms with Crippen molar-refractivity contribution in [1.29, 1.82) is 0 Å². The van der Waals surface area contributed by atoms with Crippen molar-refractivity contribution in [2.75, 3.05) is 32.3 Å². The third kappa shape index (κ3) is 4.09. The van der Waals surface area contributed by atoms with E-state index >= 15 is 0 Å². The number of benzene rings is 1. The monoisotopic (exact) mass is 409 g/mol. The van der Waals surface area contributed by atoms with Gasteiger partial charge in [-0.1, -0.05) is 0 Å². The number of aliphatic hydroxyl groups is 1. The summed E-state index contributed by atoms with van der Waals surface area (Å²) in [4.78, 5) is 10.8. The number of carbonyl (C=O) groups is 1. The Morgan fingerprint density at radius 3 is 2.38 bits per heavy atom. The van der Waals surface area contributed by atoms with Crippen molar-refractivity contribution in [3.63, 3.8) is 0 Å². The lowest BCUT2D eigenvalue weighted by Gasteiger charge is -2.28. The van der Waals surface area contributed by atoms with Gasteiger partial charge in [0.25, 0.3) is 0 Å². The van der Waals surface area contributed by atoms with E-state index in [2.05, 4.69) is 0 Å². The van der Waals surface area contributed by atoms with E-state index < -0.39 is 60.9 Å². The Balaban J connectivity index is 2.59. The molecule has 0 unspecified atom stereocenters. The van der Waals surface area contributed by atoms with Crippen LogP contribution in [0.4, 0.5) is 0 Å². The van der Waals surface area contributed by atoms with Gasteiger partial charge in [0.2, 0.25) is 10.0 Å². The fraction of sp³-hybridized carbons (Fsp3) is 0.500. The quantitative estimate of drug-likeness (QED) is 0.575. The van der Waals surface area contributed by atoms with Crippen LogP contribution < -0.4 is 9.47 Å². The second kappa shape index (κ2) is 7.39. The van der Waals surface area contributed by atoms with Crippen molar-refractivity contribution >= 4 is 25.8 Å². The Kier molecular flexibility index (Phi) is 5.80. The summed E-state index contributed by atoms with van der Waals surface area (Å²) in [6.07, 6.45) is -1.54. The van der Waals surface area contributed by atoms with Crippen molar-refractivity contribution in [1.82, 2.24) is 4.31 Å². The number of hydrogen-bond donors (Lipinski definition) is 2. The average molecular weight is 409 g/mol. The Labute approximate surface area is 150 Å². The molecule has 0 aromatic heterocycles. The lowest BCUT2D eigenvalue weighted by atomic mass is 10.2. The van der Waals surface area contributed by atoms with E-state index in [0.717, 1.165) is 6.07 Å². The van der Waals surface area contributed by atoms with Gasteiger partial charge in [0.05, 0.1) is 37.9 Å². The molecule has 0 saturated carbocycles. The van der Waals surface area contributed by atoms with Crippen LogP contribution in [0.25, 0.3) is 0 Å². The third-order valence-electron chi connectivity index (χ3n) is 3.91. The van der Waals surface area contributed by atoms with Gasteiger partial charge in [0.15, 0.2) is 9.84 Å². The molecule has 26 heavy (non-hydrogen) atoms. The molecule has 2 rings (SSSR count). The molecule has 1 aromatic carbocycles. The molecule has 1 heterocycles. The molecule has 12 heteroatoms. The first-order valence-corrected chi connectivity index (χ1v) is 10.6. The van der Waals surface area contributed by atoms with Gasteiger partial charge >= 0.3 is 5.97 Å². The normalized spacial score (nSPS) is 22.3. The second-order valence-electron chi connectivity index (χ2n) is 5.67. The second-order valence-corrected chi connectivity index (χ2v) is 9.69. The number of aliphatic carboxylic acids is 1. The van der Waals surface area contributed by atoms with E-state index in [0.29, 0.717) is 4.31 Å². The molecule has 1 saturated heterocycles. The predicted molar refractivity (Wildman–Crippen MR) is 89.5 cm³/mol. The van der Waals surface area contributed by atoms with E-state index in [1.54, 1.807) is 0 Å². The van der Waals surface area contributed by atoms with E-state index in [4.69, 9.17) is 14.6 Å². The number of methoxy groups -OCH3 is 2. The number of aliphatic hydroxyl groups excluding tert-OH is 1. The summed E-state index contributed by atoms with van der Waals surface area (Å²) in [7, 11) is -5.66. The zero-order chi connectivity index (χ0) is 19.7. The molecule has 0 radical (unpaired) electrons. The topological polar surface area (TPSA) is 148 Å². The van der Waals surface area contributed by atoms with Crippen molar-refractivity contribution in [3.8, 4) is 11.5 Å². The molecule has 1 fully saturated rings. The van der Waals surface area contributed by atoms with Crippen molar-refractivity contribution in [2.45, 2.75) is 17.0 Å². The summed E-state index contributed by atoms with van der Waals surface area (Å²) in [6.45, 7) is -1.01. The highest BCUT2D eigenvalue weighted by atomic mass is 32.2. The molecule has 2 N–H and O–H groups in total. The molecule has 0 aliphatic carbocycles. The zero-order valence-electron chi connectivity index (χ0n) is 14.0. The average Bonchev–Trinajstić information content (AvgIpc) is 2.83. The van der Waals surface area contributed by atoms with Crippen LogP contribution in [0.15, 0.2) is 23.1 Å². The lowest BCUT2D eigenvalue weighted by molar-refractivity contribution is -0.137. The molecule has 1 aliphatic rings. The molecule has 0 amide bonds. The molecular weight excluding hydrogens is 390 g/mol. The molecule has 1 aliphatic heterocycles. The number of rotatable bonds is 7. The number of sulfone groups is 1. The molecule has 0 spiro atoms. The Bertz CT molecular complexity index is 895. The highest BCUT2D eigenvalue weighted by molar-refractivity contribution is 7.92. The van der Waals surface area contributed by atoms with Crippen molar-refractivity contribution in [2.24, 2.45) is 0 Å². The number of ether oxygens (including phenoxy) is 2. The molecule has 0 bridgehead atoms. The van der Waals surface area contributed by atoms with E-state index in [-0.39, 0.29) is 11.5 Å². The highest BCUT2D eigenvalue weighted by Crippen LogP contribution is 2.33. The minimum atomic E-state index is -4.51. The van der Waals surface area contributed by atoms with E-state index in [9.17, 15) is 26.7 Å². The zero-order valence-corrected chi connectivity index (χ0v) is 15.7. The predicted octanol–water partition coefficient (Wildman–Crippen LogP) is -1.06. The SMILES string of the molecule is COc1ccc(OC)c(S(=O)(=O)N(CC(=O)O)[C@H]2CS(=O)(=O)C[C@H]2O)c1. The fourth-order valence-electron chi connectivity index (χ4n) is 2.71. The maximum absolute atomic E-state index is 13.1. The van der Waals surface area contributed by atoms with Crippen LogP contribution in [0.3, 0.4) is 0 Å². The minimum absolute atomic E-state index is 0.0727. The maximum Gasteiger partial charge on any atom is 0.318 e. The summed E-state index contributed by atoms with van der Waals surface area (Å²) in [5, 5.41) is 19.1. The summed E-state index contributed by atoms with van der Waals surface area (Å²) in [5.74, 6) is -2.70.